The minimum Gasteiger partial charge on any atom is -0.465 e. The summed E-state index contributed by atoms with van der Waals surface area (Å²) in [5, 5.41) is 2.80. The highest BCUT2D eigenvalue weighted by atomic mass is 35.5. The average molecular weight is 439 g/mol. The van der Waals surface area contributed by atoms with Crippen LogP contribution in [0.1, 0.15) is 29.8 Å². The largest absolute Gasteiger partial charge is 0.465 e. The number of benzene rings is 2. The average Bonchev–Trinajstić information content (AvgIpc) is 2.68. The number of rotatable bonds is 7. The predicted molar refractivity (Wildman–Crippen MR) is 114 cm³/mol. The molecule has 2 rings (SSSR count). The Balaban J connectivity index is 2.31. The number of anilines is 2. The number of sulfonamides is 1. The highest BCUT2D eigenvalue weighted by Gasteiger charge is 2.29. The molecule has 7 nitrogen and oxygen atoms in total. The van der Waals surface area contributed by atoms with Crippen molar-refractivity contribution in [3.8, 4) is 0 Å². The van der Waals surface area contributed by atoms with E-state index in [4.69, 9.17) is 11.6 Å². The molecule has 9 heteroatoms. The SMILES string of the molecule is CCc1ccc(N(C(C)C(=O)Nc2ccc(Cl)c(C(=O)OC)c2)S(C)(=O)=O)cc1. The van der Waals surface area contributed by atoms with Gasteiger partial charge in [0.15, 0.2) is 0 Å². The van der Waals surface area contributed by atoms with E-state index in [-0.39, 0.29) is 10.6 Å². The van der Waals surface area contributed by atoms with Gasteiger partial charge in [-0.1, -0.05) is 30.7 Å². The van der Waals surface area contributed by atoms with E-state index in [1.165, 1.54) is 32.2 Å². The lowest BCUT2D eigenvalue weighted by molar-refractivity contribution is -0.116. The van der Waals surface area contributed by atoms with Crippen molar-refractivity contribution in [1.82, 2.24) is 0 Å². The molecule has 1 N–H and O–H groups in total. The van der Waals surface area contributed by atoms with Gasteiger partial charge in [-0.2, -0.15) is 0 Å². The summed E-state index contributed by atoms with van der Waals surface area (Å²) in [6.45, 7) is 3.48. The maximum absolute atomic E-state index is 12.8. The number of nitrogens with one attached hydrogen (secondary N) is 1. The Labute approximate surface area is 175 Å². The van der Waals surface area contributed by atoms with Gasteiger partial charge in [0.2, 0.25) is 15.9 Å². The van der Waals surface area contributed by atoms with Crippen molar-refractivity contribution in [3.05, 3.63) is 58.6 Å². The van der Waals surface area contributed by atoms with Crippen molar-refractivity contribution in [3.63, 3.8) is 0 Å². The van der Waals surface area contributed by atoms with E-state index >= 15 is 0 Å². The molecule has 29 heavy (non-hydrogen) atoms. The smallest absolute Gasteiger partial charge is 0.339 e. The van der Waals surface area contributed by atoms with Crippen LogP contribution in [-0.4, -0.2) is 39.7 Å². The molecular weight excluding hydrogens is 416 g/mol. The van der Waals surface area contributed by atoms with Gasteiger partial charge in [0, 0.05) is 5.69 Å². The van der Waals surface area contributed by atoms with Crippen molar-refractivity contribution in [2.24, 2.45) is 0 Å². The second-order valence-corrected chi connectivity index (χ2v) is 8.70. The summed E-state index contributed by atoms with van der Waals surface area (Å²) in [6.07, 6.45) is 1.86. The fourth-order valence-corrected chi connectivity index (χ4v) is 4.17. The Hall–Kier alpha value is -2.58. The van der Waals surface area contributed by atoms with E-state index in [1.807, 2.05) is 19.1 Å². The summed E-state index contributed by atoms with van der Waals surface area (Å²) < 4.78 is 30.5. The number of amides is 1. The van der Waals surface area contributed by atoms with E-state index in [1.54, 1.807) is 12.1 Å². The third kappa shape index (κ3) is 5.48. The molecule has 0 aromatic heterocycles. The summed E-state index contributed by atoms with van der Waals surface area (Å²) in [5.74, 6) is -1.21. The molecule has 0 aliphatic rings. The van der Waals surface area contributed by atoms with Crippen LogP contribution in [0.2, 0.25) is 5.02 Å². The molecule has 156 valence electrons. The maximum Gasteiger partial charge on any atom is 0.339 e. The number of hydrogen-bond donors (Lipinski definition) is 1. The minimum absolute atomic E-state index is 0.0924. The number of carbonyl (C=O) groups excluding carboxylic acids is 2. The van der Waals surface area contributed by atoms with Gasteiger partial charge >= 0.3 is 5.97 Å². The number of halogens is 1. The van der Waals surface area contributed by atoms with Gasteiger partial charge in [-0.25, -0.2) is 13.2 Å². The summed E-state index contributed by atoms with van der Waals surface area (Å²) >= 11 is 5.98. The van der Waals surface area contributed by atoms with Crippen LogP contribution in [-0.2, 0) is 26.0 Å². The first kappa shape index (κ1) is 22.7. The van der Waals surface area contributed by atoms with Crippen molar-refractivity contribution in [2.75, 3.05) is 23.0 Å². The first-order chi connectivity index (χ1) is 13.6. The molecule has 0 aliphatic heterocycles. The van der Waals surface area contributed by atoms with E-state index in [2.05, 4.69) is 10.1 Å². The molecule has 0 spiro atoms. The molecule has 0 saturated heterocycles. The molecule has 0 radical (unpaired) electrons. The molecule has 2 aromatic rings. The number of methoxy groups -OCH3 is 1. The van der Waals surface area contributed by atoms with Crippen LogP contribution < -0.4 is 9.62 Å². The summed E-state index contributed by atoms with van der Waals surface area (Å²) in [5.41, 5.74) is 1.82. The quantitative estimate of drug-likeness (QED) is 0.668. The van der Waals surface area contributed by atoms with Gasteiger partial charge in [-0.15, -0.1) is 0 Å². The highest BCUT2D eigenvalue weighted by molar-refractivity contribution is 7.92. The Morgan fingerprint density at radius 1 is 1.17 bits per heavy atom. The fourth-order valence-electron chi connectivity index (χ4n) is 2.80. The molecular formula is C20H23ClN2O5S. The number of nitrogens with zero attached hydrogens (tertiary/aromatic N) is 1. The van der Waals surface area contributed by atoms with E-state index in [0.717, 1.165) is 22.5 Å². The van der Waals surface area contributed by atoms with Crippen LogP contribution in [0, 0.1) is 0 Å². The highest BCUT2D eigenvalue weighted by Crippen LogP contribution is 2.24. The van der Waals surface area contributed by atoms with Crippen molar-refractivity contribution in [2.45, 2.75) is 26.3 Å². The zero-order valence-electron chi connectivity index (χ0n) is 16.6. The molecule has 0 aliphatic carbocycles. The van der Waals surface area contributed by atoms with E-state index < -0.39 is 27.9 Å². The molecule has 1 atom stereocenters. The van der Waals surface area contributed by atoms with Crippen LogP contribution in [0.4, 0.5) is 11.4 Å². The second kappa shape index (κ2) is 9.28. The van der Waals surface area contributed by atoms with Crippen LogP contribution >= 0.6 is 11.6 Å². The molecule has 0 fully saturated rings. The summed E-state index contributed by atoms with van der Waals surface area (Å²) in [4.78, 5) is 24.5. The Kier molecular flexibility index (Phi) is 7.26. The Morgan fingerprint density at radius 2 is 1.79 bits per heavy atom. The van der Waals surface area contributed by atoms with Gasteiger partial charge in [0.05, 0.1) is 29.6 Å². The second-order valence-electron chi connectivity index (χ2n) is 6.43. The maximum atomic E-state index is 12.8. The topological polar surface area (TPSA) is 92.8 Å². The van der Waals surface area contributed by atoms with E-state index in [9.17, 15) is 18.0 Å². The van der Waals surface area contributed by atoms with Gasteiger partial charge < -0.3 is 10.1 Å². The van der Waals surface area contributed by atoms with Crippen molar-refractivity contribution in [1.29, 1.82) is 0 Å². The third-order valence-electron chi connectivity index (χ3n) is 4.33. The zero-order valence-corrected chi connectivity index (χ0v) is 18.2. The standard InChI is InChI=1S/C20H23ClN2O5S/c1-5-14-6-9-16(10-7-14)23(29(4,26)27)13(2)19(24)22-15-8-11-18(21)17(12-15)20(25)28-3/h6-13H,5H2,1-4H3,(H,22,24). The molecule has 0 bridgehead atoms. The van der Waals surface area contributed by atoms with Crippen molar-refractivity contribution >= 4 is 44.9 Å². The number of ether oxygens (including phenoxy) is 1. The van der Waals surface area contributed by atoms with Crippen LogP contribution in [0.3, 0.4) is 0 Å². The van der Waals surface area contributed by atoms with Gasteiger partial charge in [0.25, 0.3) is 0 Å². The molecule has 0 saturated carbocycles. The number of esters is 1. The first-order valence-electron chi connectivity index (χ1n) is 8.85. The number of aryl methyl sites for hydroxylation is 1. The van der Waals surface area contributed by atoms with Gasteiger partial charge in [0.1, 0.15) is 6.04 Å². The lowest BCUT2D eigenvalue weighted by Crippen LogP contribution is -2.45. The van der Waals surface area contributed by atoms with Crippen LogP contribution in [0.25, 0.3) is 0 Å². The number of hydrogen-bond acceptors (Lipinski definition) is 5. The third-order valence-corrected chi connectivity index (χ3v) is 5.90. The zero-order chi connectivity index (χ0) is 21.8. The summed E-state index contributed by atoms with van der Waals surface area (Å²) in [7, 11) is -2.51. The van der Waals surface area contributed by atoms with E-state index in [0.29, 0.717) is 11.4 Å². The molecule has 1 unspecified atom stereocenters. The van der Waals surface area contributed by atoms with Gasteiger partial charge in [-0.3, -0.25) is 9.10 Å². The lowest BCUT2D eigenvalue weighted by atomic mass is 10.1. The Morgan fingerprint density at radius 3 is 2.31 bits per heavy atom. The first-order valence-corrected chi connectivity index (χ1v) is 11.1. The van der Waals surface area contributed by atoms with Gasteiger partial charge in [-0.05, 0) is 49.2 Å². The molecule has 2 aromatic carbocycles. The predicted octanol–water partition coefficient (Wildman–Crippen LogP) is 3.48. The van der Waals surface area contributed by atoms with Crippen LogP contribution in [0.5, 0.6) is 0 Å². The monoisotopic (exact) mass is 438 g/mol. The number of carbonyl (C=O) groups is 2. The molecule has 0 heterocycles. The van der Waals surface area contributed by atoms with Crippen LogP contribution in [0.15, 0.2) is 42.5 Å². The lowest BCUT2D eigenvalue weighted by Gasteiger charge is -2.28. The Bertz CT molecular complexity index is 1010. The fraction of sp³-hybridized carbons (Fsp3) is 0.300. The normalized spacial score (nSPS) is 12.2. The minimum atomic E-state index is -3.73. The summed E-state index contributed by atoms with van der Waals surface area (Å²) in [6, 6.07) is 10.3. The van der Waals surface area contributed by atoms with Crippen molar-refractivity contribution < 1.29 is 22.7 Å². The molecule has 1 amide bonds.